The molecule has 0 spiro atoms. The maximum Gasteiger partial charge on any atom is 0.0965 e. The summed E-state index contributed by atoms with van der Waals surface area (Å²) in [5.74, 6) is 0. The van der Waals surface area contributed by atoms with Crippen molar-refractivity contribution in [1.29, 1.82) is 5.26 Å². The van der Waals surface area contributed by atoms with E-state index in [1.54, 1.807) is 0 Å². The van der Waals surface area contributed by atoms with Gasteiger partial charge in [-0.3, -0.25) is 0 Å². The molecule has 0 rings (SSSR count). The first-order valence-electron chi connectivity index (χ1n) is 6.06. The Morgan fingerprint density at radius 2 is 2.00 bits per heavy atom. The first-order chi connectivity index (χ1) is 7.24. The second kappa shape index (κ2) is 9.95. The van der Waals surface area contributed by atoms with Crippen molar-refractivity contribution in [3.05, 3.63) is 0 Å². The lowest BCUT2D eigenvalue weighted by Gasteiger charge is -2.18. The van der Waals surface area contributed by atoms with E-state index in [1.807, 2.05) is 0 Å². The molecular formula is C12H25N3. The van der Waals surface area contributed by atoms with Crippen LogP contribution in [0.25, 0.3) is 0 Å². The van der Waals surface area contributed by atoms with Gasteiger partial charge in [-0.15, -0.1) is 0 Å². The summed E-state index contributed by atoms with van der Waals surface area (Å²) < 4.78 is 0. The highest BCUT2D eigenvalue weighted by molar-refractivity contribution is 4.89. The molecule has 0 aliphatic rings. The summed E-state index contributed by atoms with van der Waals surface area (Å²) in [6, 6.07) is 2.33. The molecular weight excluding hydrogens is 186 g/mol. The smallest absolute Gasteiger partial charge is 0.0965 e. The summed E-state index contributed by atoms with van der Waals surface area (Å²) in [4.78, 5) is 2.31. The Hall–Kier alpha value is -0.590. The van der Waals surface area contributed by atoms with Crippen LogP contribution < -0.4 is 5.32 Å². The van der Waals surface area contributed by atoms with Crippen molar-refractivity contribution in [2.75, 3.05) is 26.7 Å². The Bertz CT molecular complexity index is 174. The van der Waals surface area contributed by atoms with Gasteiger partial charge in [0, 0.05) is 6.54 Å². The summed E-state index contributed by atoms with van der Waals surface area (Å²) in [6.45, 7) is 7.41. The van der Waals surface area contributed by atoms with Gasteiger partial charge in [0.05, 0.1) is 12.1 Å². The van der Waals surface area contributed by atoms with Gasteiger partial charge in [-0.1, -0.05) is 20.3 Å². The molecule has 0 saturated heterocycles. The van der Waals surface area contributed by atoms with Crippen molar-refractivity contribution in [3.8, 4) is 6.07 Å². The third-order valence-electron chi connectivity index (χ3n) is 2.49. The lowest BCUT2D eigenvalue weighted by atomic mass is 10.2. The van der Waals surface area contributed by atoms with Crippen LogP contribution in [0.1, 0.15) is 39.5 Å². The van der Waals surface area contributed by atoms with Crippen molar-refractivity contribution in [2.24, 2.45) is 0 Å². The number of hydrogen-bond acceptors (Lipinski definition) is 3. The highest BCUT2D eigenvalue weighted by Gasteiger charge is 2.06. The number of nitrogens with zero attached hydrogens (tertiary/aromatic N) is 2. The zero-order valence-electron chi connectivity index (χ0n) is 10.4. The second-order valence-corrected chi connectivity index (χ2v) is 4.08. The predicted molar refractivity (Wildman–Crippen MR) is 64.7 cm³/mol. The summed E-state index contributed by atoms with van der Waals surface area (Å²) >= 11 is 0. The van der Waals surface area contributed by atoms with Gasteiger partial charge in [-0.05, 0) is 39.4 Å². The van der Waals surface area contributed by atoms with Crippen molar-refractivity contribution < 1.29 is 0 Å². The quantitative estimate of drug-likeness (QED) is 0.634. The van der Waals surface area contributed by atoms with E-state index in [0.717, 1.165) is 32.5 Å². The summed E-state index contributed by atoms with van der Waals surface area (Å²) in [7, 11) is 2.13. The Morgan fingerprint density at radius 3 is 2.53 bits per heavy atom. The SMILES string of the molecule is CCCCN(C)CCC(C#N)NCCC. The fourth-order valence-corrected chi connectivity index (χ4v) is 1.42. The molecule has 88 valence electrons. The minimum absolute atomic E-state index is 0.0222. The molecule has 0 radical (unpaired) electrons. The molecule has 0 aliphatic heterocycles. The fourth-order valence-electron chi connectivity index (χ4n) is 1.42. The van der Waals surface area contributed by atoms with E-state index >= 15 is 0 Å². The number of rotatable bonds is 9. The number of nitrogens with one attached hydrogen (secondary N) is 1. The van der Waals surface area contributed by atoms with E-state index < -0.39 is 0 Å². The number of nitriles is 1. The number of unbranched alkanes of at least 4 members (excludes halogenated alkanes) is 1. The molecule has 0 saturated carbocycles. The van der Waals surface area contributed by atoms with E-state index in [1.165, 1.54) is 12.8 Å². The largest absolute Gasteiger partial charge is 0.306 e. The third kappa shape index (κ3) is 8.41. The van der Waals surface area contributed by atoms with E-state index in [-0.39, 0.29) is 6.04 Å². The molecule has 1 unspecified atom stereocenters. The molecule has 0 aliphatic carbocycles. The molecule has 0 aromatic rings. The van der Waals surface area contributed by atoms with Crippen LogP contribution in [0.3, 0.4) is 0 Å². The maximum absolute atomic E-state index is 8.91. The second-order valence-electron chi connectivity index (χ2n) is 4.08. The van der Waals surface area contributed by atoms with Crippen LogP contribution in [0.5, 0.6) is 0 Å². The molecule has 0 fully saturated rings. The predicted octanol–water partition coefficient (Wildman–Crippen LogP) is 2.00. The molecule has 3 nitrogen and oxygen atoms in total. The van der Waals surface area contributed by atoms with Gasteiger partial charge in [0.2, 0.25) is 0 Å². The first-order valence-corrected chi connectivity index (χ1v) is 6.06. The van der Waals surface area contributed by atoms with E-state index in [9.17, 15) is 0 Å². The van der Waals surface area contributed by atoms with Crippen LogP contribution in [-0.4, -0.2) is 37.6 Å². The Balaban J connectivity index is 3.56. The first kappa shape index (κ1) is 14.4. The monoisotopic (exact) mass is 211 g/mol. The minimum atomic E-state index is 0.0222. The number of hydrogen-bond donors (Lipinski definition) is 1. The van der Waals surface area contributed by atoms with Crippen LogP contribution in [0, 0.1) is 11.3 Å². The average Bonchev–Trinajstić information content (AvgIpc) is 2.26. The van der Waals surface area contributed by atoms with Gasteiger partial charge in [0.1, 0.15) is 0 Å². The van der Waals surface area contributed by atoms with Crippen molar-refractivity contribution in [3.63, 3.8) is 0 Å². The van der Waals surface area contributed by atoms with E-state index in [4.69, 9.17) is 5.26 Å². The Morgan fingerprint density at radius 1 is 1.27 bits per heavy atom. The van der Waals surface area contributed by atoms with Crippen LogP contribution >= 0.6 is 0 Å². The van der Waals surface area contributed by atoms with Crippen molar-refractivity contribution >= 4 is 0 Å². The van der Waals surface area contributed by atoms with Crippen LogP contribution in [0.4, 0.5) is 0 Å². The normalized spacial score (nSPS) is 12.7. The highest BCUT2D eigenvalue weighted by Crippen LogP contribution is 1.97. The standard InChI is InChI=1S/C12H25N3/c1-4-6-9-15(3)10-7-12(11-13)14-8-5-2/h12,14H,4-10H2,1-3H3. The lowest BCUT2D eigenvalue weighted by molar-refractivity contribution is 0.312. The van der Waals surface area contributed by atoms with Gasteiger partial charge in [-0.25, -0.2) is 0 Å². The van der Waals surface area contributed by atoms with E-state index in [2.05, 4.69) is 37.2 Å². The molecule has 1 N–H and O–H groups in total. The Labute approximate surface area is 94.5 Å². The molecule has 3 heteroatoms. The molecule has 0 amide bonds. The van der Waals surface area contributed by atoms with Crippen LogP contribution in [0.15, 0.2) is 0 Å². The third-order valence-corrected chi connectivity index (χ3v) is 2.49. The molecule has 0 bridgehead atoms. The molecule has 15 heavy (non-hydrogen) atoms. The summed E-state index contributed by atoms with van der Waals surface area (Å²) in [6.07, 6.45) is 4.50. The van der Waals surface area contributed by atoms with Gasteiger partial charge in [0.15, 0.2) is 0 Å². The van der Waals surface area contributed by atoms with Crippen molar-refractivity contribution in [1.82, 2.24) is 10.2 Å². The van der Waals surface area contributed by atoms with Gasteiger partial charge in [0.25, 0.3) is 0 Å². The Kier molecular flexibility index (Phi) is 9.55. The topological polar surface area (TPSA) is 39.1 Å². The maximum atomic E-state index is 8.91. The zero-order valence-corrected chi connectivity index (χ0v) is 10.4. The van der Waals surface area contributed by atoms with Gasteiger partial charge >= 0.3 is 0 Å². The van der Waals surface area contributed by atoms with Gasteiger partial charge in [-0.2, -0.15) is 5.26 Å². The molecule has 0 heterocycles. The molecule has 0 aromatic heterocycles. The fraction of sp³-hybridized carbons (Fsp3) is 0.917. The average molecular weight is 211 g/mol. The highest BCUT2D eigenvalue weighted by atomic mass is 15.1. The zero-order chi connectivity index (χ0) is 11.5. The lowest BCUT2D eigenvalue weighted by Crippen LogP contribution is -2.32. The van der Waals surface area contributed by atoms with Crippen LogP contribution in [-0.2, 0) is 0 Å². The van der Waals surface area contributed by atoms with Crippen molar-refractivity contribution in [2.45, 2.75) is 45.6 Å². The van der Waals surface area contributed by atoms with Gasteiger partial charge < -0.3 is 10.2 Å². The molecule has 0 aromatic carbocycles. The summed E-state index contributed by atoms with van der Waals surface area (Å²) in [5, 5.41) is 12.2. The molecule has 1 atom stereocenters. The van der Waals surface area contributed by atoms with E-state index in [0.29, 0.717) is 0 Å². The minimum Gasteiger partial charge on any atom is -0.306 e. The van der Waals surface area contributed by atoms with Crippen LogP contribution in [0.2, 0.25) is 0 Å². The summed E-state index contributed by atoms with van der Waals surface area (Å²) in [5.41, 5.74) is 0.